The first kappa shape index (κ1) is 12.4. The molecule has 1 saturated heterocycles. The molecule has 2 rings (SSSR count). The van der Waals surface area contributed by atoms with Crippen LogP contribution in [0.15, 0.2) is 24.3 Å². The average molecular weight is 253 g/mol. The van der Waals surface area contributed by atoms with Crippen molar-refractivity contribution in [2.24, 2.45) is 0 Å². The molecule has 1 heterocycles. The van der Waals surface area contributed by atoms with Gasteiger partial charge in [0.25, 0.3) is 5.91 Å². The zero-order valence-corrected chi connectivity index (χ0v) is 10.5. The molecule has 17 heavy (non-hydrogen) atoms. The Labute approximate surface area is 107 Å². The predicted octanol–water partition coefficient (Wildman–Crippen LogP) is 2.21. The summed E-state index contributed by atoms with van der Waals surface area (Å²) >= 11 is 5.95. The number of benzene rings is 1. The lowest BCUT2D eigenvalue weighted by Crippen LogP contribution is -2.30. The van der Waals surface area contributed by atoms with Crippen LogP contribution in [0.25, 0.3) is 0 Å². The van der Waals surface area contributed by atoms with Crippen LogP contribution < -0.4 is 10.6 Å². The summed E-state index contributed by atoms with van der Waals surface area (Å²) in [7, 11) is 0. The van der Waals surface area contributed by atoms with E-state index < -0.39 is 0 Å². The van der Waals surface area contributed by atoms with Crippen molar-refractivity contribution in [3.63, 3.8) is 0 Å². The molecule has 0 bridgehead atoms. The van der Waals surface area contributed by atoms with E-state index in [4.69, 9.17) is 11.6 Å². The van der Waals surface area contributed by atoms with Gasteiger partial charge in [-0.05, 0) is 37.9 Å². The first-order chi connectivity index (χ1) is 8.27. The zero-order chi connectivity index (χ0) is 12.1. The lowest BCUT2D eigenvalue weighted by molar-refractivity contribution is 0.0952. The van der Waals surface area contributed by atoms with Gasteiger partial charge in [0.05, 0.1) is 10.6 Å². The summed E-state index contributed by atoms with van der Waals surface area (Å²) in [6.45, 7) is 1.80. The van der Waals surface area contributed by atoms with Gasteiger partial charge in [-0.3, -0.25) is 4.79 Å². The minimum atomic E-state index is -0.0893. The summed E-state index contributed by atoms with van der Waals surface area (Å²) in [5, 5.41) is 6.81. The summed E-state index contributed by atoms with van der Waals surface area (Å²) in [5.74, 6) is -0.0893. The van der Waals surface area contributed by atoms with E-state index in [9.17, 15) is 4.79 Å². The molecule has 1 atom stereocenters. The molecular formula is C13H17ClN2O. The maximum atomic E-state index is 11.8. The van der Waals surface area contributed by atoms with E-state index in [0.717, 1.165) is 13.0 Å². The Morgan fingerprint density at radius 1 is 1.47 bits per heavy atom. The maximum Gasteiger partial charge on any atom is 0.252 e. The Kier molecular flexibility index (Phi) is 4.40. The number of nitrogens with one attached hydrogen (secondary N) is 2. The SMILES string of the molecule is O=C(NCC[C@@H]1CCCN1)c1ccccc1Cl. The Morgan fingerprint density at radius 3 is 3.00 bits per heavy atom. The fourth-order valence-corrected chi connectivity index (χ4v) is 2.33. The van der Waals surface area contributed by atoms with Crippen LogP contribution in [0.5, 0.6) is 0 Å². The van der Waals surface area contributed by atoms with Crippen LogP contribution in [0.2, 0.25) is 5.02 Å². The second kappa shape index (κ2) is 6.03. The van der Waals surface area contributed by atoms with Crippen molar-refractivity contribution >= 4 is 17.5 Å². The highest BCUT2D eigenvalue weighted by atomic mass is 35.5. The number of hydrogen-bond donors (Lipinski definition) is 2. The number of rotatable bonds is 4. The molecule has 0 radical (unpaired) electrons. The quantitative estimate of drug-likeness (QED) is 0.863. The fourth-order valence-electron chi connectivity index (χ4n) is 2.10. The summed E-state index contributed by atoms with van der Waals surface area (Å²) < 4.78 is 0. The van der Waals surface area contributed by atoms with Crippen LogP contribution >= 0.6 is 11.6 Å². The minimum Gasteiger partial charge on any atom is -0.352 e. The molecular weight excluding hydrogens is 236 g/mol. The number of carbonyl (C=O) groups is 1. The van der Waals surface area contributed by atoms with E-state index in [2.05, 4.69) is 10.6 Å². The molecule has 1 fully saturated rings. The molecule has 1 aliphatic rings. The van der Waals surface area contributed by atoms with Crippen molar-refractivity contribution < 1.29 is 4.79 Å². The fraction of sp³-hybridized carbons (Fsp3) is 0.462. The van der Waals surface area contributed by atoms with E-state index in [-0.39, 0.29) is 5.91 Å². The molecule has 0 saturated carbocycles. The predicted molar refractivity (Wildman–Crippen MR) is 69.4 cm³/mol. The molecule has 1 aliphatic heterocycles. The van der Waals surface area contributed by atoms with Crippen molar-refractivity contribution in [1.82, 2.24) is 10.6 Å². The Morgan fingerprint density at radius 2 is 2.29 bits per heavy atom. The molecule has 1 aromatic rings. The highest BCUT2D eigenvalue weighted by Gasteiger charge is 2.14. The van der Waals surface area contributed by atoms with Gasteiger partial charge in [-0.15, -0.1) is 0 Å². The Bertz CT molecular complexity index is 389. The number of halogens is 1. The zero-order valence-electron chi connectivity index (χ0n) is 9.71. The first-order valence-electron chi connectivity index (χ1n) is 6.03. The third-order valence-electron chi connectivity index (χ3n) is 3.06. The molecule has 2 N–H and O–H groups in total. The minimum absolute atomic E-state index is 0.0893. The number of hydrogen-bond acceptors (Lipinski definition) is 2. The third kappa shape index (κ3) is 3.45. The molecule has 0 aromatic heterocycles. The van der Waals surface area contributed by atoms with Gasteiger partial charge in [-0.2, -0.15) is 0 Å². The smallest absolute Gasteiger partial charge is 0.252 e. The Balaban J connectivity index is 1.79. The molecule has 4 heteroatoms. The summed E-state index contributed by atoms with van der Waals surface area (Å²) in [6.07, 6.45) is 3.43. The lowest BCUT2D eigenvalue weighted by atomic mass is 10.1. The second-order valence-corrected chi connectivity index (χ2v) is 4.72. The van der Waals surface area contributed by atoms with E-state index in [1.165, 1.54) is 12.8 Å². The van der Waals surface area contributed by atoms with Gasteiger partial charge in [0.1, 0.15) is 0 Å². The lowest BCUT2D eigenvalue weighted by Gasteiger charge is -2.11. The topological polar surface area (TPSA) is 41.1 Å². The van der Waals surface area contributed by atoms with Crippen LogP contribution in [0, 0.1) is 0 Å². The van der Waals surface area contributed by atoms with Gasteiger partial charge in [0, 0.05) is 12.6 Å². The van der Waals surface area contributed by atoms with Gasteiger partial charge in [-0.1, -0.05) is 23.7 Å². The van der Waals surface area contributed by atoms with Crippen LogP contribution in [-0.2, 0) is 0 Å². The van der Waals surface area contributed by atoms with E-state index in [1.54, 1.807) is 12.1 Å². The second-order valence-electron chi connectivity index (χ2n) is 4.32. The molecule has 0 spiro atoms. The van der Waals surface area contributed by atoms with Gasteiger partial charge in [0.15, 0.2) is 0 Å². The van der Waals surface area contributed by atoms with Gasteiger partial charge in [-0.25, -0.2) is 0 Å². The third-order valence-corrected chi connectivity index (χ3v) is 3.39. The summed E-state index contributed by atoms with van der Waals surface area (Å²) in [5.41, 5.74) is 0.550. The normalized spacial score (nSPS) is 19.2. The standard InChI is InChI=1S/C13H17ClN2O/c14-12-6-2-1-5-11(12)13(17)16-9-7-10-4-3-8-15-10/h1-2,5-6,10,15H,3-4,7-9H2,(H,16,17)/t10-/m0/s1. The molecule has 92 valence electrons. The average Bonchev–Trinajstić information content (AvgIpc) is 2.82. The van der Waals surface area contributed by atoms with Crippen molar-refractivity contribution in [1.29, 1.82) is 0 Å². The van der Waals surface area contributed by atoms with Crippen molar-refractivity contribution in [2.75, 3.05) is 13.1 Å². The maximum absolute atomic E-state index is 11.8. The highest BCUT2D eigenvalue weighted by molar-refractivity contribution is 6.33. The van der Waals surface area contributed by atoms with Gasteiger partial charge < -0.3 is 10.6 Å². The monoisotopic (exact) mass is 252 g/mol. The van der Waals surface area contributed by atoms with E-state index in [1.807, 2.05) is 12.1 Å². The van der Waals surface area contributed by atoms with E-state index >= 15 is 0 Å². The van der Waals surface area contributed by atoms with Crippen molar-refractivity contribution in [3.8, 4) is 0 Å². The molecule has 0 aliphatic carbocycles. The molecule has 1 amide bonds. The summed E-state index contributed by atoms with van der Waals surface area (Å²) in [6, 6.07) is 7.67. The van der Waals surface area contributed by atoms with Crippen LogP contribution in [0.4, 0.5) is 0 Å². The first-order valence-corrected chi connectivity index (χ1v) is 6.41. The number of amides is 1. The number of carbonyl (C=O) groups excluding carboxylic acids is 1. The Hall–Kier alpha value is -1.06. The molecule has 3 nitrogen and oxygen atoms in total. The summed E-state index contributed by atoms with van der Waals surface area (Å²) in [4.78, 5) is 11.8. The highest BCUT2D eigenvalue weighted by Crippen LogP contribution is 2.14. The van der Waals surface area contributed by atoms with Crippen LogP contribution in [0.1, 0.15) is 29.6 Å². The van der Waals surface area contributed by atoms with Gasteiger partial charge >= 0.3 is 0 Å². The largest absolute Gasteiger partial charge is 0.352 e. The van der Waals surface area contributed by atoms with Gasteiger partial charge in [0.2, 0.25) is 0 Å². The molecule has 1 aromatic carbocycles. The molecule has 0 unspecified atom stereocenters. The van der Waals surface area contributed by atoms with Crippen molar-refractivity contribution in [2.45, 2.75) is 25.3 Å². The van der Waals surface area contributed by atoms with Crippen LogP contribution in [-0.4, -0.2) is 25.0 Å². The van der Waals surface area contributed by atoms with Crippen LogP contribution in [0.3, 0.4) is 0 Å². The van der Waals surface area contributed by atoms with E-state index in [0.29, 0.717) is 23.2 Å². The van der Waals surface area contributed by atoms with Crippen molar-refractivity contribution in [3.05, 3.63) is 34.9 Å².